The summed E-state index contributed by atoms with van der Waals surface area (Å²) < 4.78 is 15.2. The summed E-state index contributed by atoms with van der Waals surface area (Å²) >= 11 is 0. The van der Waals surface area contributed by atoms with Crippen LogP contribution >= 0.6 is 12.4 Å². The first kappa shape index (κ1) is 19.5. The zero-order valence-electron chi connectivity index (χ0n) is 14.7. The van der Waals surface area contributed by atoms with Gasteiger partial charge >= 0.3 is 0 Å². The Labute approximate surface area is 154 Å². The molecule has 0 spiro atoms. The highest BCUT2D eigenvalue weighted by Crippen LogP contribution is 2.25. The van der Waals surface area contributed by atoms with Gasteiger partial charge in [-0.05, 0) is 63.4 Å². The summed E-state index contributed by atoms with van der Waals surface area (Å²) in [6, 6.07) is 8.37. The van der Waals surface area contributed by atoms with E-state index in [-0.39, 0.29) is 30.2 Å². The number of halogens is 2. The Morgan fingerprint density at radius 1 is 1.24 bits per heavy atom. The van der Waals surface area contributed by atoms with Crippen LogP contribution in [0, 0.1) is 19.7 Å². The number of nitrogens with zero attached hydrogens (tertiary/aromatic N) is 2. The molecule has 136 valence electrons. The van der Waals surface area contributed by atoms with E-state index < -0.39 is 0 Å². The van der Waals surface area contributed by atoms with Gasteiger partial charge in [0.25, 0.3) is 5.91 Å². The molecule has 1 fully saturated rings. The lowest BCUT2D eigenvalue weighted by Crippen LogP contribution is -2.47. The van der Waals surface area contributed by atoms with Crippen LogP contribution in [0.5, 0.6) is 0 Å². The van der Waals surface area contributed by atoms with E-state index in [1.165, 1.54) is 12.1 Å². The largest absolute Gasteiger partial charge is 0.334 e. The van der Waals surface area contributed by atoms with Crippen molar-refractivity contribution in [2.24, 2.45) is 5.73 Å². The first-order chi connectivity index (χ1) is 11.5. The van der Waals surface area contributed by atoms with Crippen molar-refractivity contribution in [2.75, 3.05) is 13.1 Å². The number of carbonyl (C=O) groups excluding carboxylic acids is 1. The lowest BCUT2D eigenvalue weighted by molar-refractivity contribution is 0.0622. The van der Waals surface area contributed by atoms with Gasteiger partial charge < -0.3 is 15.2 Å². The van der Waals surface area contributed by atoms with Crippen molar-refractivity contribution in [3.63, 3.8) is 0 Å². The molecule has 1 aliphatic rings. The summed E-state index contributed by atoms with van der Waals surface area (Å²) in [6.45, 7) is 5.16. The Balaban J connectivity index is 0.00000225. The Bertz CT molecular complexity index is 742. The van der Waals surface area contributed by atoms with Crippen LogP contribution in [0.2, 0.25) is 0 Å². The van der Waals surface area contributed by atoms with Gasteiger partial charge in [0.15, 0.2) is 0 Å². The quantitative estimate of drug-likeness (QED) is 0.903. The first-order valence-corrected chi connectivity index (χ1v) is 8.49. The number of hydrogen-bond acceptors (Lipinski definition) is 2. The topological polar surface area (TPSA) is 51.3 Å². The van der Waals surface area contributed by atoms with Crippen LogP contribution in [0.4, 0.5) is 4.39 Å². The second kappa shape index (κ2) is 8.02. The maximum absolute atomic E-state index is 13.2. The van der Waals surface area contributed by atoms with Crippen LogP contribution in [0.3, 0.4) is 0 Å². The Morgan fingerprint density at radius 2 is 1.92 bits per heavy atom. The maximum atomic E-state index is 13.2. The molecule has 1 amide bonds. The molecule has 1 saturated heterocycles. The molecule has 1 aromatic carbocycles. The number of benzene rings is 1. The highest BCUT2D eigenvalue weighted by molar-refractivity contribution is 5.96. The number of aromatic nitrogens is 1. The monoisotopic (exact) mass is 365 g/mol. The van der Waals surface area contributed by atoms with Crippen molar-refractivity contribution in [1.82, 2.24) is 9.47 Å². The molecule has 0 saturated carbocycles. The number of rotatable bonds is 3. The normalized spacial score (nSPS) is 17.3. The minimum Gasteiger partial charge on any atom is -0.334 e. The molecule has 0 aliphatic carbocycles. The van der Waals surface area contributed by atoms with Crippen molar-refractivity contribution < 1.29 is 9.18 Å². The third kappa shape index (κ3) is 3.72. The molecule has 0 bridgehead atoms. The zero-order valence-corrected chi connectivity index (χ0v) is 15.5. The minimum absolute atomic E-state index is 0. The van der Waals surface area contributed by atoms with E-state index in [1.807, 2.05) is 29.4 Å². The number of piperidine rings is 1. The third-order valence-electron chi connectivity index (χ3n) is 4.91. The summed E-state index contributed by atoms with van der Waals surface area (Å²) in [5.41, 5.74) is 9.26. The number of aryl methyl sites for hydroxylation is 1. The number of nitrogens with two attached hydrogens (primary N) is 1. The second-order valence-corrected chi connectivity index (χ2v) is 6.48. The van der Waals surface area contributed by atoms with E-state index in [9.17, 15) is 9.18 Å². The third-order valence-corrected chi connectivity index (χ3v) is 4.91. The molecule has 0 radical (unpaired) electrons. The van der Waals surface area contributed by atoms with Crippen molar-refractivity contribution in [1.29, 1.82) is 0 Å². The predicted molar refractivity (Wildman–Crippen MR) is 100 cm³/mol. The fourth-order valence-corrected chi connectivity index (χ4v) is 3.63. The van der Waals surface area contributed by atoms with E-state index >= 15 is 0 Å². The van der Waals surface area contributed by atoms with Gasteiger partial charge in [0.05, 0.1) is 5.56 Å². The van der Waals surface area contributed by atoms with Gasteiger partial charge in [-0.2, -0.15) is 0 Å². The van der Waals surface area contributed by atoms with Crippen LogP contribution in [0.1, 0.15) is 41.0 Å². The van der Waals surface area contributed by atoms with E-state index in [4.69, 9.17) is 5.73 Å². The van der Waals surface area contributed by atoms with Crippen molar-refractivity contribution in [2.45, 2.75) is 39.2 Å². The lowest BCUT2D eigenvalue weighted by atomic mass is 10.0. The SMILES string of the molecule is Cc1cc(C(=O)N2CCCCC2CN)c(C)n1-c1ccc(F)cc1.Cl. The summed E-state index contributed by atoms with van der Waals surface area (Å²) in [5.74, 6) is -0.219. The molecular formula is C19H25ClFN3O. The molecule has 1 atom stereocenters. The Kier molecular flexibility index (Phi) is 6.25. The van der Waals surface area contributed by atoms with Crippen LogP contribution in [-0.2, 0) is 0 Å². The fourth-order valence-electron chi connectivity index (χ4n) is 3.63. The van der Waals surface area contributed by atoms with Gasteiger partial charge in [-0.25, -0.2) is 4.39 Å². The van der Waals surface area contributed by atoms with Crippen molar-refractivity contribution in [3.8, 4) is 5.69 Å². The summed E-state index contributed by atoms with van der Waals surface area (Å²) in [7, 11) is 0. The van der Waals surface area contributed by atoms with Gasteiger partial charge in [0, 0.05) is 36.2 Å². The summed E-state index contributed by atoms with van der Waals surface area (Å²) in [5, 5.41) is 0. The van der Waals surface area contributed by atoms with E-state index in [2.05, 4.69) is 0 Å². The lowest BCUT2D eigenvalue weighted by Gasteiger charge is -2.35. The standard InChI is InChI=1S/C19H24FN3O.ClH/c1-13-11-18(19(24)22-10-4-3-5-17(22)12-21)14(2)23(13)16-8-6-15(20)7-9-16;/h6-9,11,17H,3-5,10,12,21H2,1-2H3;1H. The van der Waals surface area contributed by atoms with Gasteiger partial charge in [-0.3, -0.25) is 4.79 Å². The number of carbonyl (C=O) groups is 1. The highest BCUT2D eigenvalue weighted by Gasteiger charge is 2.28. The van der Waals surface area contributed by atoms with Crippen LogP contribution in [0.15, 0.2) is 30.3 Å². The smallest absolute Gasteiger partial charge is 0.255 e. The van der Waals surface area contributed by atoms with Gasteiger partial charge in [-0.1, -0.05) is 0 Å². The van der Waals surface area contributed by atoms with Crippen LogP contribution in [-0.4, -0.2) is 34.5 Å². The van der Waals surface area contributed by atoms with E-state index in [0.29, 0.717) is 12.1 Å². The van der Waals surface area contributed by atoms with Crippen molar-refractivity contribution in [3.05, 3.63) is 53.1 Å². The molecule has 25 heavy (non-hydrogen) atoms. The maximum Gasteiger partial charge on any atom is 0.255 e. The predicted octanol–water partition coefficient (Wildman–Crippen LogP) is 3.61. The van der Waals surface area contributed by atoms with Crippen LogP contribution < -0.4 is 5.73 Å². The van der Waals surface area contributed by atoms with Crippen molar-refractivity contribution >= 4 is 18.3 Å². The molecule has 2 N–H and O–H groups in total. The Hall–Kier alpha value is -1.85. The molecule has 3 rings (SSSR count). The Morgan fingerprint density at radius 3 is 2.56 bits per heavy atom. The molecule has 2 heterocycles. The molecule has 1 unspecified atom stereocenters. The number of likely N-dealkylation sites (tertiary alicyclic amines) is 1. The van der Waals surface area contributed by atoms with E-state index in [0.717, 1.165) is 42.9 Å². The average Bonchev–Trinajstić information content (AvgIpc) is 2.89. The van der Waals surface area contributed by atoms with Crippen LogP contribution in [0.25, 0.3) is 5.69 Å². The average molecular weight is 366 g/mol. The molecule has 1 aliphatic heterocycles. The van der Waals surface area contributed by atoms with E-state index in [1.54, 1.807) is 12.1 Å². The molecular weight excluding hydrogens is 341 g/mol. The van der Waals surface area contributed by atoms with Gasteiger partial charge in [0.2, 0.25) is 0 Å². The van der Waals surface area contributed by atoms with Gasteiger partial charge in [0.1, 0.15) is 5.82 Å². The summed E-state index contributed by atoms with van der Waals surface area (Å²) in [4.78, 5) is 15.0. The summed E-state index contributed by atoms with van der Waals surface area (Å²) in [6.07, 6.45) is 3.12. The minimum atomic E-state index is -0.267. The number of hydrogen-bond donors (Lipinski definition) is 1. The fraction of sp³-hybridized carbons (Fsp3) is 0.421. The molecule has 2 aromatic rings. The highest BCUT2D eigenvalue weighted by atomic mass is 35.5. The zero-order chi connectivity index (χ0) is 17.3. The second-order valence-electron chi connectivity index (χ2n) is 6.48. The first-order valence-electron chi connectivity index (χ1n) is 8.49. The van der Waals surface area contributed by atoms with Gasteiger partial charge in [-0.15, -0.1) is 12.4 Å². The molecule has 1 aromatic heterocycles. The molecule has 6 heteroatoms. The molecule has 4 nitrogen and oxygen atoms in total. The number of amides is 1.